The van der Waals surface area contributed by atoms with E-state index < -0.39 is 0 Å². The molecule has 1 aliphatic carbocycles. The molecule has 2 nitrogen and oxygen atoms in total. The molecule has 1 fully saturated rings. The average molecular weight is 323 g/mol. The van der Waals surface area contributed by atoms with Crippen LogP contribution in [0.1, 0.15) is 30.0 Å². The maximum atomic E-state index is 13.2. The van der Waals surface area contributed by atoms with E-state index in [0.29, 0.717) is 10.4 Å². The van der Waals surface area contributed by atoms with Crippen LogP contribution in [0.5, 0.6) is 0 Å². The molecule has 1 aromatic heterocycles. The number of hydrogen-bond donors (Lipinski definition) is 1. The summed E-state index contributed by atoms with van der Waals surface area (Å²) in [4.78, 5) is 0. The average Bonchev–Trinajstić information content (AvgIpc) is 3.14. The summed E-state index contributed by atoms with van der Waals surface area (Å²) < 4.78 is 15.8. The first kappa shape index (κ1) is 12.9. The van der Waals surface area contributed by atoms with Crippen molar-refractivity contribution in [2.45, 2.75) is 25.4 Å². The minimum Gasteiger partial charge on any atom is -0.350 e. The third kappa shape index (κ3) is 2.90. The van der Waals surface area contributed by atoms with Crippen molar-refractivity contribution in [3.8, 4) is 0 Å². The third-order valence-electron chi connectivity index (χ3n) is 3.64. The van der Waals surface area contributed by atoms with Gasteiger partial charge in [-0.2, -0.15) is 0 Å². The molecule has 1 aromatic carbocycles. The molecule has 1 aliphatic rings. The Balaban J connectivity index is 1.74. The third-order valence-corrected chi connectivity index (χ3v) is 4.24. The number of halogens is 2. The van der Waals surface area contributed by atoms with E-state index in [1.54, 1.807) is 6.07 Å². The molecule has 0 saturated heterocycles. The molecule has 0 radical (unpaired) electrons. The lowest BCUT2D eigenvalue weighted by Crippen LogP contribution is -2.11. The fourth-order valence-corrected chi connectivity index (χ4v) is 2.76. The van der Waals surface area contributed by atoms with Crippen LogP contribution in [-0.2, 0) is 6.54 Å². The van der Waals surface area contributed by atoms with Gasteiger partial charge in [-0.05, 0) is 64.0 Å². The van der Waals surface area contributed by atoms with Gasteiger partial charge in [0.25, 0.3) is 0 Å². The molecule has 2 aromatic rings. The van der Waals surface area contributed by atoms with Gasteiger partial charge in [-0.3, -0.25) is 0 Å². The maximum Gasteiger partial charge on any atom is 0.137 e. The van der Waals surface area contributed by atoms with Crippen molar-refractivity contribution < 1.29 is 4.39 Å². The number of aromatic nitrogens is 1. The van der Waals surface area contributed by atoms with E-state index in [1.807, 2.05) is 12.3 Å². The number of hydrogen-bond acceptors (Lipinski definition) is 1. The second kappa shape index (κ2) is 5.10. The number of benzene rings is 1. The molecule has 1 unspecified atom stereocenters. The lowest BCUT2D eigenvalue weighted by Gasteiger charge is -2.08. The van der Waals surface area contributed by atoms with Crippen LogP contribution in [0.2, 0.25) is 0 Å². The molecule has 0 aliphatic heterocycles. The Morgan fingerprint density at radius 2 is 2.16 bits per heavy atom. The van der Waals surface area contributed by atoms with Gasteiger partial charge < -0.3 is 10.3 Å². The van der Waals surface area contributed by atoms with Gasteiger partial charge in [0.15, 0.2) is 0 Å². The summed E-state index contributed by atoms with van der Waals surface area (Å²) in [6, 6.07) is 7.36. The van der Waals surface area contributed by atoms with Gasteiger partial charge >= 0.3 is 0 Å². The minimum absolute atomic E-state index is 0.168. The molecule has 3 rings (SSSR count). The van der Waals surface area contributed by atoms with Gasteiger partial charge in [-0.15, -0.1) is 0 Å². The monoisotopic (exact) mass is 322 g/mol. The van der Waals surface area contributed by atoms with Crippen LogP contribution < -0.4 is 5.73 Å². The Hall–Kier alpha value is -1.13. The fraction of sp³-hybridized carbons (Fsp3) is 0.333. The second-order valence-electron chi connectivity index (χ2n) is 5.23. The topological polar surface area (TPSA) is 30.9 Å². The standard InChI is InChI=1S/C15H16BrFN2/c16-13-7-10(1-4-14(13)17)8-19-6-5-12(9-19)15(18)11-2-3-11/h1,4-7,9,11,15H,2-3,8,18H2. The van der Waals surface area contributed by atoms with E-state index in [9.17, 15) is 4.39 Å². The molecule has 0 amide bonds. The van der Waals surface area contributed by atoms with Crippen LogP contribution in [0.4, 0.5) is 4.39 Å². The first-order chi connectivity index (χ1) is 9.13. The van der Waals surface area contributed by atoms with Crippen LogP contribution in [-0.4, -0.2) is 4.57 Å². The van der Waals surface area contributed by atoms with Crippen LogP contribution in [0.15, 0.2) is 41.1 Å². The van der Waals surface area contributed by atoms with E-state index >= 15 is 0 Å². The summed E-state index contributed by atoms with van der Waals surface area (Å²) in [7, 11) is 0. The van der Waals surface area contributed by atoms with Gasteiger partial charge in [-0.25, -0.2) is 4.39 Å². The second-order valence-corrected chi connectivity index (χ2v) is 6.08. The Bertz CT molecular complexity index is 590. The van der Waals surface area contributed by atoms with E-state index in [2.05, 4.69) is 32.8 Å². The molecular weight excluding hydrogens is 307 g/mol. The summed E-state index contributed by atoms with van der Waals surface area (Å²) in [6.07, 6.45) is 6.63. The minimum atomic E-state index is -0.229. The Morgan fingerprint density at radius 1 is 1.37 bits per heavy atom. The molecule has 4 heteroatoms. The SMILES string of the molecule is NC(c1ccn(Cc2ccc(F)c(Br)c2)c1)C1CC1. The highest BCUT2D eigenvalue weighted by Gasteiger charge is 2.29. The molecule has 1 saturated carbocycles. The predicted octanol–water partition coefficient (Wildman–Crippen LogP) is 3.85. The maximum absolute atomic E-state index is 13.2. The van der Waals surface area contributed by atoms with Gasteiger partial charge in [0.2, 0.25) is 0 Å². The molecule has 19 heavy (non-hydrogen) atoms. The fourth-order valence-electron chi connectivity index (χ4n) is 2.33. The smallest absolute Gasteiger partial charge is 0.137 e. The van der Waals surface area contributed by atoms with Crippen molar-refractivity contribution in [2.24, 2.45) is 11.7 Å². The summed E-state index contributed by atoms with van der Waals surface area (Å²) in [5.41, 5.74) is 8.44. The number of rotatable bonds is 4. The van der Waals surface area contributed by atoms with Gasteiger partial charge in [0, 0.05) is 25.0 Å². The van der Waals surface area contributed by atoms with Crippen molar-refractivity contribution in [2.75, 3.05) is 0 Å². The van der Waals surface area contributed by atoms with Gasteiger partial charge in [0.05, 0.1) is 4.47 Å². The highest BCUT2D eigenvalue weighted by atomic mass is 79.9. The van der Waals surface area contributed by atoms with E-state index in [1.165, 1.54) is 24.5 Å². The Kier molecular flexibility index (Phi) is 3.46. The molecule has 2 N–H and O–H groups in total. The summed E-state index contributed by atoms with van der Waals surface area (Å²) in [5, 5.41) is 0. The van der Waals surface area contributed by atoms with E-state index in [-0.39, 0.29) is 11.9 Å². The molecule has 1 heterocycles. The largest absolute Gasteiger partial charge is 0.350 e. The zero-order chi connectivity index (χ0) is 13.4. The van der Waals surface area contributed by atoms with Crippen molar-refractivity contribution in [3.63, 3.8) is 0 Å². The molecular formula is C15H16BrFN2. The van der Waals surface area contributed by atoms with E-state index in [4.69, 9.17) is 5.73 Å². The summed E-state index contributed by atoms with van der Waals surface area (Å²) >= 11 is 3.21. The molecule has 100 valence electrons. The number of nitrogens with zero attached hydrogens (tertiary/aromatic N) is 1. The van der Waals surface area contributed by atoms with Crippen molar-refractivity contribution in [1.82, 2.24) is 4.57 Å². The Morgan fingerprint density at radius 3 is 2.84 bits per heavy atom. The predicted molar refractivity (Wildman–Crippen MR) is 77.3 cm³/mol. The first-order valence-corrected chi connectivity index (χ1v) is 7.28. The summed E-state index contributed by atoms with van der Waals surface area (Å²) in [6.45, 7) is 0.732. The Labute approximate surface area is 120 Å². The normalized spacial score (nSPS) is 16.6. The molecule has 0 spiro atoms. The van der Waals surface area contributed by atoms with Crippen molar-refractivity contribution in [3.05, 3.63) is 58.1 Å². The lowest BCUT2D eigenvalue weighted by molar-refractivity contribution is 0.619. The zero-order valence-electron chi connectivity index (χ0n) is 10.5. The lowest BCUT2D eigenvalue weighted by atomic mass is 10.1. The summed E-state index contributed by atoms with van der Waals surface area (Å²) in [5.74, 6) is 0.434. The van der Waals surface area contributed by atoms with Crippen LogP contribution in [0, 0.1) is 11.7 Å². The van der Waals surface area contributed by atoms with E-state index in [0.717, 1.165) is 12.1 Å². The first-order valence-electron chi connectivity index (χ1n) is 6.48. The quantitative estimate of drug-likeness (QED) is 0.910. The van der Waals surface area contributed by atoms with Crippen molar-refractivity contribution >= 4 is 15.9 Å². The van der Waals surface area contributed by atoms with Crippen LogP contribution in [0.25, 0.3) is 0 Å². The zero-order valence-corrected chi connectivity index (χ0v) is 12.1. The van der Waals surface area contributed by atoms with Crippen LogP contribution >= 0.6 is 15.9 Å². The molecule has 1 atom stereocenters. The van der Waals surface area contributed by atoms with Gasteiger partial charge in [-0.1, -0.05) is 6.07 Å². The van der Waals surface area contributed by atoms with Crippen LogP contribution in [0.3, 0.4) is 0 Å². The highest BCUT2D eigenvalue weighted by Crippen LogP contribution is 2.39. The van der Waals surface area contributed by atoms with Gasteiger partial charge in [0.1, 0.15) is 5.82 Å². The number of nitrogens with two attached hydrogens (primary N) is 1. The highest BCUT2D eigenvalue weighted by molar-refractivity contribution is 9.10. The molecule has 0 bridgehead atoms. The van der Waals surface area contributed by atoms with Crippen molar-refractivity contribution in [1.29, 1.82) is 0 Å².